The number of rotatable bonds is 39. The van der Waals surface area contributed by atoms with Crippen LogP contribution in [0.4, 0.5) is 0 Å². The predicted molar refractivity (Wildman–Crippen MR) is 237 cm³/mol. The van der Waals surface area contributed by atoms with E-state index in [0.29, 0.717) is 19.3 Å². The van der Waals surface area contributed by atoms with Gasteiger partial charge in [0.15, 0.2) is 6.10 Å². The number of hydrogen-bond acceptors (Lipinski definition) is 6. The minimum Gasteiger partial charge on any atom is -0.462 e. The molecular formula is C50H82O6. The largest absolute Gasteiger partial charge is 0.462 e. The van der Waals surface area contributed by atoms with Crippen LogP contribution in [0, 0.1) is 0 Å². The molecule has 0 heterocycles. The molecule has 1 atom stereocenters. The molecule has 0 aliphatic heterocycles. The van der Waals surface area contributed by atoms with Gasteiger partial charge >= 0.3 is 17.9 Å². The Morgan fingerprint density at radius 1 is 0.375 bits per heavy atom. The van der Waals surface area contributed by atoms with Crippen LogP contribution in [0.25, 0.3) is 0 Å². The fourth-order valence-electron chi connectivity index (χ4n) is 5.72. The molecule has 6 heteroatoms. The van der Waals surface area contributed by atoms with Crippen molar-refractivity contribution in [1.29, 1.82) is 0 Å². The van der Waals surface area contributed by atoms with Crippen LogP contribution in [0.15, 0.2) is 85.1 Å². The van der Waals surface area contributed by atoms with E-state index in [4.69, 9.17) is 14.2 Å². The molecule has 0 radical (unpaired) electrons. The average Bonchev–Trinajstić information content (AvgIpc) is 3.19. The molecular weight excluding hydrogens is 697 g/mol. The highest BCUT2D eigenvalue weighted by Crippen LogP contribution is 2.12. The summed E-state index contributed by atoms with van der Waals surface area (Å²) in [7, 11) is 0. The standard InChI is InChI=1S/C50H82O6/c1-4-7-10-13-16-19-22-25-28-31-34-37-40-43-49(52)55-46-47(45-54-48(51)42-39-36-33-30-27-24-21-18-15-12-9-6-3)56-50(53)44-41-38-35-32-29-26-23-20-17-14-11-8-5-2/h7,10-11,14,16,18-21,23,25,28,34,37,47H,4-6,8-9,12-13,15,17,22,24,26-27,29-33,35-36,38-46H2,1-3H3/b10-7-,14-11-,19-16-,21-18-,23-20-,28-25-,37-34-. The lowest BCUT2D eigenvalue weighted by Gasteiger charge is -2.18. The molecule has 0 aromatic carbocycles. The molecule has 0 spiro atoms. The molecule has 318 valence electrons. The lowest BCUT2D eigenvalue weighted by Crippen LogP contribution is -2.30. The van der Waals surface area contributed by atoms with Crippen molar-refractivity contribution in [2.45, 2.75) is 200 Å². The third-order valence-electron chi connectivity index (χ3n) is 9.10. The number of allylic oxidation sites excluding steroid dienone is 14. The smallest absolute Gasteiger partial charge is 0.306 e. The van der Waals surface area contributed by atoms with Gasteiger partial charge in [0.25, 0.3) is 0 Å². The Morgan fingerprint density at radius 3 is 1.29 bits per heavy atom. The number of hydrogen-bond donors (Lipinski definition) is 0. The van der Waals surface area contributed by atoms with E-state index in [1.54, 1.807) is 0 Å². The molecule has 0 saturated carbocycles. The summed E-state index contributed by atoms with van der Waals surface area (Å²) in [5.41, 5.74) is 0. The molecule has 0 aliphatic rings. The quantitative estimate of drug-likeness (QED) is 0.0268. The van der Waals surface area contributed by atoms with Gasteiger partial charge in [-0.15, -0.1) is 0 Å². The maximum atomic E-state index is 12.7. The number of esters is 3. The maximum absolute atomic E-state index is 12.7. The first kappa shape index (κ1) is 52.6. The first-order chi connectivity index (χ1) is 27.5. The van der Waals surface area contributed by atoms with Gasteiger partial charge in [0.05, 0.1) is 0 Å². The van der Waals surface area contributed by atoms with E-state index in [-0.39, 0.29) is 37.5 Å². The second kappa shape index (κ2) is 44.3. The van der Waals surface area contributed by atoms with Crippen LogP contribution < -0.4 is 0 Å². The Labute approximate surface area is 344 Å². The lowest BCUT2D eigenvalue weighted by atomic mass is 10.1. The van der Waals surface area contributed by atoms with Crippen LogP contribution in [-0.4, -0.2) is 37.2 Å². The summed E-state index contributed by atoms with van der Waals surface area (Å²) >= 11 is 0. The molecule has 0 saturated heterocycles. The molecule has 0 rings (SSSR count). The van der Waals surface area contributed by atoms with Crippen LogP contribution in [0.3, 0.4) is 0 Å². The summed E-state index contributed by atoms with van der Waals surface area (Å²) in [4.78, 5) is 37.7. The minimum absolute atomic E-state index is 0.110. The zero-order chi connectivity index (χ0) is 40.8. The highest BCUT2D eigenvalue weighted by atomic mass is 16.6. The zero-order valence-corrected chi connectivity index (χ0v) is 36.1. The van der Waals surface area contributed by atoms with E-state index >= 15 is 0 Å². The molecule has 0 amide bonds. The van der Waals surface area contributed by atoms with Crippen molar-refractivity contribution in [3.63, 3.8) is 0 Å². The predicted octanol–water partition coefficient (Wildman–Crippen LogP) is 14.5. The highest BCUT2D eigenvalue weighted by Gasteiger charge is 2.19. The molecule has 56 heavy (non-hydrogen) atoms. The monoisotopic (exact) mass is 779 g/mol. The van der Waals surface area contributed by atoms with Crippen molar-refractivity contribution in [3.8, 4) is 0 Å². The second-order valence-electron chi connectivity index (χ2n) is 14.6. The Bertz CT molecular complexity index is 1120. The van der Waals surface area contributed by atoms with Crippen molar-refractivity contribution < 1.29 is 28.6 Å². The second-order valence-corrected chi connectivity index (χ2v) is 14.6. The summed E-state index contributed by atoms with van der Waals surface area (Å²) in [6, 6.07) is 0. The van der Waals surface area contributed by atoms with Crippen molar-refractivity contribution >= 4 is 17.9 Å². The third kappa shape index (κ3) is 41.7. The van der Waals surface area contributed by atoms with Crippen LogP contribution in [0.2, 0.25) is 0 Å². The van der Waals surface area contributed by atoms with Crippen LogP contribution in [0.1, 0.15) is 194 Å². The Morgan fingerprint density at radius 2 is 0.768 bits per heavy atom. The van der Waals surface area contributed by atoms with Gasteiger partial charge in [-0.05, 0) is 96.3 Å². The van der Waals surface area contributed by atoms with Crippen LogP contribution in [0.5, 0.6) is 0 Å². The van der Waals surface area contributed by atoms with Gasteiger partial charge in [0, 0.05) is 19.3 Å². The first-order valence-electron chi connectivity index (χ1n) is 22.6. The van der Waals surface area contributed by atoms with Crippen molar-refractivity contribution in [3.05, 3.63) is 85.1 Å². The zero-order valence-electron chi connectivity index (χ0n) is 36.1. The topological polar surface area (TPSA) is 78.9 Å². The highest BCUT2D eigenvalue weighted by molar-refractivity contribution is 5.71. The number of carbonyl (C=O) groups excluding carboxylic acids is 3. The summed E-state index contributed by atoms with van der Waals surface area (Å²) in [5.74, 6) is -1.03. The normalized spacial score (nSPS) is 12.8. The van der Waals surface area contributed by atoms with Crippen molar-refractivity contribution in [1.82, 2.24) is 0 Å². The molecule has 0 aliphatic carbocycles. The molecule has 0 aromatic heterocycles. The van der Waals surface area contributed by atoms with Gasteiger partial charge < -0.3 is 14.2 Å². The summed E-state index contributed by atoms with van der Waals surface area (Å²) in [5, 5.41) is 0. The van der Waals surface area contributed by atoms with E-state index < -0.39 is 6.10 Å². The van der Waals surface area contributed by atoms with Gasteiger partial charge in [-0.1, -0.05) is 164 Å². The maximum Gasteiger partial charge on any atom is 0.306 e. The molecule has 1 unspecified atom stereocenters. The first-order valence-corrected chi connectivity index (χ1v) is 22.6. The van der Waals surface area contributed by atoms with E-state index in [0.717, 1.165) is 109 Å². The van der Waals surface area contributed by atoms with E-state index in [9.17, 15) is 14.4 Å². The van der Waals surface area contributed by atoms with Crippen molar-refractivity contribution in [2.75, 3.05) is 13.2 Å². The Balaban J connectivity index is 4.53. The Hall–Kier alpha value is -3.41. The van der Waals surface area contributed by atoms with E-state index in [1.165, 1.54) is 38.5 Å². The number of ether oxygens (including phenoxy) is 3. The van der Waals surface area contributed by atoms with Crippen molar-refractivity contribution in [2.24, 2.45) is 0 Å². The molecule has 0 fully saturated rings. The van der Waals surface area contributed by atoms with E-state index in [2.05, 4.69) is 93.7 Å². The van der Waals surface area contributed by atoms with Gasteiger partial charge in [0.2, 0.25) is 0 Å². The average molecular weight is 779 g/mol. The van der Waals surface area contributed by atoms with Gasteiger partial charge in [-0.25, -0.2) is 0 Å². The fourth-order valence-corrected chi connectivity index (χ4v) is 5.72. The summed E-state index contributed by atoms with van der Waals surface area (Å²) in [6.07, 6.45) is 55.7. The molecule has 0 aromatic rings. The third-order valence-corrected chi connectivity index (χ3v) is 9.10. The lowest BCUT2D eigenvalue weighted by molar-refractivity contribution is -0.166. The van der Waals surface area contributed by atoms with E-state index in [1.807, 2.05) is 12.2 Å². The molecule has 0 N–H and O–H groups in total. The summed E-state index contributed by atoms with van der Waals surface area (Å²) in [6.45, 7) is 6.32. The SMILES string of the molecule is CC/C=C\C/C=C\C/C=C\C/C=C\CCC(=O)OCC(COC(=O)CCCCCCC/C=C\CCCCC)OC(=O)CCCCCCC/C=C\C/C=C\CCC. The molecule has 6 nitrogen and oxygen atoms in total. The number of carbonyl (C=O) groups is 3. The van der Waals surface area contributed by atoms with Gasteiger partial charge in [0.1, 0.15) is 13.2 Å². The fraction of sp³-hybridized carbons (Fsp3) is 0.660. The van der Waals surface area contributed by atoms with Crippen LogP contribution in [-0.2, 0) is 28.6 Å². The summed E-state index contributed by atoms with van der Waals surface area (Å²) < 4.78 is 16.6. The van der Waals surface area contributed by atoms with Gasteiger partial charge in [-0.3, -0.25) is 14.4 Å². The van der Waals surface area contributed by atoms with Crippen LogP contribution >= 0.6 is 0 Å². The number of unbranched alkanes of at least 4 members (excludes halogenated alkanes) is 14. The minimum atomic E-state index is -0.813. The Kier molecular flexibility index (Phi) is 41.6. The molecule has 0 bridgehead atoms. The van der Waals surface area contributed by atoms with Gasteiger partial charge in [-0.2, -0.15) is 0 Å².